The second-order valence-corrected chi connectivity index (χ2v) is 4.23. The van der Waals surface area contributed by atoms with Crippen LogP contribution < -0.4 is 11.2 Å². The van der Waals surface area contributed by atoms with E-state index in [4.69, 9.17) is 0 Å². The molecule has 1 aliphatic rings. The SMILES string of the molecule is O=c1ccn(CCCCC2C=CC=C2)c(=O)[nH]1. The molecule has 0 radical (unpaired) electrons. The van der Waals surface area contributed by atoms with Gasteiger partial charge in [-0.1, -0.05) is 30.7 Å². The Morgan fingerprint density at radius 2 is 1.94 bits per heavy atom. The van der Waals surface area contributed by atoms with Gasteiger partial charge in [0.25, 0.3) is 5.56 Å². The van der Waals surface area contributed by atoms with Gasteiger partial charge in [-0.3, -0.25) is 9.78 Å². The maximum absolute atomic E-state index is 11.4. The molecule has 4 heteroatoms. The smallest absolute Gasteiger partial charge is 0.301 e. The molecule has 0 unspecified atom stereocenters. The van der Waals surface area contributed by atoms with E-state index in [1.54, 1.807) is 10.8 Å². The third-order valence-electron chi connectivity index (χ3n) is 2.91. The summed E-state index contributed by atoms with van der Waals surface area (Å²) < 4.78 is 1.54. The van der Waals surface area contributed by atoms with Crippen molar-refractivity contribution in [1.82, 2.24) is 9.55 Å². The topological polar surface area (TPSA) is 54.9 Å². The Morgan fingerprint density at radius 1 is 1.18 bits per heavy atom. The molecule has 0 aromatic carbocycles. The van der Waals surface area contributed by atoms with Crippen molar-refractivity contribution < 1.29 is 0 Å². The van der Waals surface area contributed by atoms with Gasteiger partial charge in [-0.05, 0) is 18.8 Å². The molecule has 17 heavy (non-hydrogen) atoms. The summed E-state index contributed by atoms with van der Waals surface area (Å²) in [5.74, 6) is 0.558. The standard InChI is InChI=1S/C13H16N2O2/c16-12-8-10-15(13(17)14-12)9-4-3-7-11-5-1-2-6-11/h1-2,5-6,8,10-11H,3-4,7,9H2,(H,14,16,17). The van der Waals surface area contributed by atoms with Gasteiger partial charge in [-0.15, -0.1) is 0 Å². The number of unbranched alkanes of at least 4 members (excludes halogenated alkanes) is 1. The highest BCUT2D eigenvalue weighted by Gasteiger charge is 2.03. The van der Waals surface area contributed by atoms with E-state index in [9.17, 15) is 9.59 Å². The Kier molecular flexibility index (Phi) is 3.75. The van der Waals surface area contributed by atoms with Crippen LogP contribution in [0, 0.1) is 5.92 Å². The maximum atomic E-state index is 11.4. The Hall–Kier alpha value is -1.84. The Balaban J connectivity index is 1.78. The number of nitrogens with one attached hydrogen (secondary N) is 1. The van der Waals surface area contributed by atoms with Crippen LogP contribution in [0.3, 0.4) is 0 Å². The van der Waals surface area contributed by atoms with Crippen molar-refractivity contribution in [2.45, 2.75) is 25.8 Å². The number of hydrogen-bond donors (Lipinski definition) is 1. The van der Waals surface area contributed by atoms with Gasteiger partial charge in [-0.25, -0.2) is 4.79 Å². The molecule has 0 spiro atoms. The molecular formula is C13H16N2O2. The van der Waals surface area contributed by atoms with Crippen LogP contribution in [0.4, 0.5) is 0 Å². The zero-order valence-electron chi connectivity index (χ0n) is 9.63. The third-order valence-corrected chi connectivity index (χ3v) is 2.91. The summed E-state index contributed by atoms with van der Waals surface area (Å²) in [7, 11) is 0. The number of aromatic nitrogens is 2. The molecule has 1 heterocycles. The van der Waals surface area contributed by atoms with Crippen molar-refractivity contribution in [1.29, 1.82) is 0 Å². The van der Waals surface area contributed by atoms with Crippen molar-refractivity contribution >= 4 is 0 Å². The number of rotatable bonds is 5. The van der Waals surface area contributed by atoms with Crippen LogP contribution in [0.5, 0.6) is 0 Å². The van der Waals surface area contributed by atoms with Crippen LogP contribution >= 0.6 is 0 Å². The van der Waals surface area contributed by atoms with Crippen molar-refractivity contribution in [3.05, 3.63) is 57.4 Å². The minimum Gasteiger partial charge on any atom is -0.301 e. The lowest BCUT2D eigenvalue weighted by atomic mass is 10.0. The first-order valence-corrected chi connectivity index (χ1v) is 5.90. The molecule has 90 valence electrons. The summed E-state index contributed by atoms with van der Waals surface area (Å²) in [6, 6.07) is 1.38. The van der Waals surface area contributed by atoms with Crippen LogP contribution in [0.25, 0.3) is 0 Å². The summed E-state index contributed by atoms with van der Waals surface area (Å²) in [4.78, 5) is 24.5. The minimum absolute atomic E-state index is 0.321. The Bertz CT molecular complexity index is 525. The predicted octanol–water partition coefficient (Wildman–Crippen LogP) is 1.45. The summed E-state index contributed by atoms with van der Waals surface area (Å²) in [5.41, 5.74) is -0.661. The molecule has 2 rings (SSSR count). The average molecular weight is 232 g/mol. The number of hydrogen-bond acceptors (Lipinski definition) is 2. The molecule has 0 aliphatic heterocycles. The second-order valence-electron chi connectivity index (χ2n) is 4.23. The zero-order chi connectivity index (χ0) is 12.1. The van der Waals surface area contributed by atoms with Crippen LogP contribution in [0.1, 0.15) is 19.3 Å². The number of nitrogens with zero attached hydrogens (tertiary/aromatic N) is 1. The highest BCUT2D eigenvalue weighted by Crippen LogP contribution is 2.16. The lowest BCUT2D eigenvalue weighted by molar-refractivity contribution is 0.543. The van der Waals surface area contributed by atoms with Crippen molar-refractivity contribution in [2.75, 3.05) is 0 Å². The van der Waals surface area contributed by atoms with Crippen molar-refractivity contribution in [3.63, 3.8) is 0 Å². The van der Waals surface area contributed by atoms with Gasteiger partial charge in [-0.2, -0.15) is 0 Å². The lowest BCUT2D eigenvalue weighted by Gasteiger charge is -2.06. The quantitative estimate of drug-likeness (QED) is 0.781. The summed E-state index contributed by atoms with van der Waals surface area (Å²) in [6.07, 6.45) is 13.2. The lowest BCUT2D eigenvalue weighted by Crippen LogP contribution is -2.28. The third kappa shape index (κ3) is 3.31. The first kappa shape index (κ1) is 11.6. The molecule has 0 amide bonds. The molecule has 0 saturated carbocycles. The van der Waals surface area contributed by atoms with Gasteiger partial charge in [0.05, 0.1) is 0 Å². The molecule has 0 fully saturated rings. The summed E-state index contributed by atoms with van der Waals surface area (Å²) in [5, 5.41) is 0. The van der Waals surface area contributed by atoms with Crippen LogP contribution in [0.2, 0.25) is 0 Å². The highest BCUT2D eigenvalue weighted by molar-refractivity contribution is 5.17. The fourth-order valence-corrected chi connectivity index (χ4v) is 1.95. The van der Waals surface area contributed by atoms with Gasteiger partial charge in [0.2, 0.25) is 0 Å². The van der Waals surface area contributed by atoms with E-state index in [1.807, 2.05) is 0 Å². The number of H-pyrrole nitrogens is 1. The fraction of sp³-hybridized carbons (Fsp3) is 0.385. The Labute approximate surface area is 99.3 Å². The molecule has 1 N–H and O–H groups in total. The van der Waals surface area contributed by atoms with Crippen LogP contribution in [-0.4, -0.2) is 9.55 Å². The minimum atomic E-state index is -0.340. The number of aryl methyl sites for hydroxylation is 1. The van der Waals surface area contributed by atoms with Crippen LogP contribution in [-0.2, 0) is 6.54 Å². The number of aromatic amines is 1. The van der Waals surface area contributed by atoms with Crippen molar-refractivity contribution in [3.8, 4) is 0 Å². The molecular weight excluding hydrogens is 216 g/mol. The van der Waals surface area contributed by atoms with Gasteiger partial charge < -0.3 is 4.57 Å². The summed E-state index contributed by atoms with van der Waals surface area (Å²) in [6.45, 7) is 0.662. The normalized spacial score (nSPS) is 14.6. The molecule has 1 aromatic heterocycles. The van der Waals surface area contributed by atoms with Gasteiger partial charge in [0.15, 0.2) is 0 Å². The predicted molar refractivity (Wildman–Crippen MR) is 66.9 cm³/mol. The molecule has 4 nitrogen and oxygen atoms in total. The van der Waals surface area contributed by atoms with E-state index >= 15 is 0 Å². The van der Waals surface area contributed by atoms with Gasteiger partial charge >= 0.3 is 5.69 Å². The van der Waals surface area contributed by atoms with E-state index in [-0.39, 0.29) is 11.2 Å². The van der Waals surface area contributed by atoms with E-state index in [2.05, 4.69) is 29.3 Å². The maximum Gasteiger partial charge on any atom is 0.328 e. The van der Waals surface area contributed by atoms with Gasteiger partial charge in [0, 0.05) is 18.8 Å². The van der Waals surface area contributed by atoms with Crippen LogP contribution in [0.15, 0.2) is 46.2 Å². The first-order chi connectivity index (χ1) is 8.25. The first-order valence-electron chi connectivity index (χ1n) is 5.90. The fourth-order valence-electron chi connectivity index (χ4n) is 1.95. The largest absolute Gasteiger partial charge is 0.328 e. The van der Waals surface area contributed by atoms with Crippen molar-refractivity contribution in [2.24, 2.45) is 5.92 Å². The molecule has 0 saturated heterocycles. The van der Waals surface area contributed by atoms with E-state index < -0.39 is 0 Å². The molecule has 0 bridgehead atoms. The summed E-state index contributed by atoms with van der Waals surface area (Å²) >= 11 is 0. The van der Waals surface area contributed by atoms with E-state index in [0.717, 1.165) is 19.3 Å². The van der Waals surface area contributed by atoms with E-state index in [0.29, 0.717) is 12.5 Å². The number of allylic oxidation sites excluding steroid dienone is 4. The highest BCUT2D eigenvalue weighted by atomic mass is 16.2. The average Bonchev–Trinajstić information content (AvgIpc) is 2.79. The molecule has 1 aromatic rings. The molecule has 0 atom stereocenters. The second kappa shape index (κ2) is 5.48. The Morgan fingerprint density at radius 3 is 2.65 bits per heavy atom. The van der Waals surface area contributed by atoms with Gasteiger partial charge in [0.1, 0.15) is 0 Å². The zero-order valence-corrected chi connectivity index (χ0v) is 9.63. The van der Waals surface area contributed by atoms with E-state index in [1.165, 1.54) is 6.07 Å². The monoisotopic (exact) mass is 232 g/mol. The molecule has 1 aliphatic carbocycles.